The predicted molar refractivity (Wildman–Crippen MR) is 81.3 cm³/mol. The Morgan fingerprint density at radius 3 is 2.44 bits per heavy atom. The van der Waals surface area contributed by atoms with Crippen LogP contribution in [0.4, 0.5) is 5.69 Å². The van der Waals surface area contributed by atoms with Crippen molar-refractivity contribution in [2.45, 2.75) is 59.7 Å². The van der Waals surface area contributed by atoms with Gasteiger partial charge in [0.25, 0.3) is 0 Å². The Hall–Kier alpha value is -1.02. The van der Waals surface area contributed by atoms with Crippen LogP contribution in [-0.2, 0) is 6.54 Å². The highest BCUT2D eigenvalue weighted by Crippen LogP contribution is 2.23. The van der Waals surface area contributed by atoms with Crippen molar-refractivity contribution in [1.29, 1.82) is 0 Å². The van der Waals surface area contributed by atoms with Crippen molar-refractivity contribution < 1.29 is 0 Å². The van der Waals surface area contributed by atoms with Gasteiger partial charge in [0.2, 0.25) is 0 Å². The lowest BCUT2D eigenvalue weighted by atomic mass is 10.1. The summed E-state index contributed by atoms with van der Waals surface area (Å²) in [4.78, 5) is 2.39. The van der Waals surface area contributed by atoms with E-state index in [0.29, 0.717) is 12.1 Å². The molecule has 1 rings (SSSR count). The van der Waals surface area contributed by atoms with E-state index < -0.39 is 0 Å². The molecule has 0 aliphatic heterocycles. The second kappa shape index (κ2) is 6.79. The van der Waals surface area contributed by atoms with Gasteiger partial charge in [0.15, 0.2) is 0 Å². The summed E-state index contributed by atoms with van der Waals surface area (Å²) >= 11 is 0. The number of benzene rings is 1. The standard InChI is InChI=1S/C16H28N2/c1-7-14(5)18(6)16-9-8-13(4)10-15(16)11-17-12(2)3/h8-10,12,14,17H,7,11H2,1-6H3. The van der Waals surface area contributed by atoms with Crippen LogP contribution in [-0.4, -0.2) is 19.1 Å². The van der Waals surface area contributed by atoms with Crippen molar-refractivity contribution in [3.8, 4) is 0 Å². The maximum atomic E-state index is 3.51. The topological polar surface area (TPSA) is 15.3 Å². The first-order valence-electron chi connectivity index (χ1n) is 7.01. The molecular weight excluding hydrogens is 220 g/mol. The van der Waals surface area contributed by atoms with E-state index >= 15 is 0 Å². The third-order valence-corrected chi connectivity index (χ3v) is 3.57. The Kier molecular flexibility index (Phi) is 5.67. The molecule has 0 aliphatic rings. The van der Waals surface area contributed by atoms with E-state index in [9.17, 15) is 0 Å². The van der Waals surface area contributed by atoms with Crippen LogP contribution in [0.3, 0.4) is 0 Å². The Morgan fingerprint density at radius 1 is 1.22 bits per heavy atom. The van der Waals surface area contributed by atoms with Gasteiger partial charge in [0.1, 0.15) is 0 Å². The average Bonchev–Trinajstić information content (AvgIpc) is 2.34. The molecule has 1 aromatic rings. The molecule has 0 heterocycles. The first-order chi connectivity index (χ1) is 8.45. The molecule has 1 N–H and O–H groups in total. The normalized spacial score (nSPS) is 12.8. The molecule has 0 bridgehead atoms. The van der Waals surface area contributed by atoms with Crippen molar-refractivity contribution in [3.05, 3.63) is 29.3 Å². The predicted octanol–water partition coefficient (Wildman–Crippen LogP) is 3.73. The minimum absolute atomic E-state index is 0.521. The van der Waals surface area contributed by atoms with Gasteiger partial charge in [-0.05, 0) is 31.9 Å². The number of aryl methyl sites for hydroxylation is 1. The smallest absolute Gasteiger partial charge is 0.0411 e. The summed E-state index contributed by atoms with van der Waals surface area (Å²) in [5, 5.41) is 3.51. The van der Waals surface area contributed by atoms with E-state index in [1.165, 1.54) is 23.2 Å². The average molecular weight is 248 g/mol. The molecule has 0 aliphatic carbocycles. The molecule has 18 heavy (non-hydrogen) atoms. The quantitative estimate of drug-likeness (QED) is 0.825. The second-order valence-electron chi connectivity index (χ2n) is 5.54. The number of rotatable bonds is 6. The Morgan fingerprint density at radius 2 is 1.89 bits per heavy atom. The molecule has 2 nitrogen and oxygen atoms in total. The van der Waals surface area contributed by atoms with Crippen molar-refractivity contribution in [1.82, 2.24) is 5.32 Å². The lowest BCUT2D eigenvalue weighted by Gasteiger charge is -2.29. The molecule has 0 saturated heterocycles. The van der Waals surface area contributed by atoms with Crippen molar-refractivity contribution >= 4 is 5.69 Å². The summed E-state index contributed by atoms with van der Waals surface area (Å²) in [5.41, 5.74) is 4.08. The fourth-order valence-electron chi connectivity index (χ4n) is 2.03. The van der Waals surface area contributed by atoms with Gasteiger partial charge < -0.3 is 10.2 Å². The molecule has 2 heteroatoms. The van der Waals surface area contributed by atoms with Crippen molar-refractivity contribution in [2.24, 2.45) is 0 Å². The monoisotopic (exact) mass is 248 g/mol. The second-order valence-corrected chi connectivity index (χ2v) is 5.54. The molecule has 0 spiro atoms. The van der Waals surface area contributed by atoms with Gasteiger partial charge in [-0.15, -0.1) is 0 Å². The number of anilines is 1. The van der Waals surface area contributed by atoms with Crippen LogP contribution in [0.5, 0.6) is 0 Å². The summed E-state index contributed by atoms with van der Waals surface area (Å²) in [5.74, 6) is 0. The number of nitrogens with one attached hydrogen (secondary N) is 1. The summed E-state index contributed by atoms with van der Waals surface area (Å²) in [6.45, 7) is 12.0. The van der Waals surface area contributed by atoms with Crippen LogP contribution >= 0.6 is 0 Å². The Balaban J connectivity index is 2.95. The highest BCUT2D eigenvalue weighted by Gasteiger charge is 2.12. The minimum atomic E-state index is 0.521. The molecule has 0 saturated carbocycles. The van der Waals surface area contributed by atoms with Gasteiger partial charge >= 0.3 is 0 Å². The van der Waals surface area contributed by atoms with E-state index in [1.807, 2.05) is 0 Å². The molecule has 1 unspecified atom stereocenters. The molecule has 0 fully saturated rings. The Labute approximate surface area is 112 Å². The molecule has 0 radical (unpaired) electrons. The van der Waals surface area contributed by atoms with Gasteiger partial charge in [0, 0.05) is 31.4 Å². The SMILES string of the molecule is CCC(C)N(C)c1ccc(C)cc1CNC(C)C. The largest absolute Gasteiger partial charge is 0.372 e. The molecular formula is C16H28N2. The van der Waals surface area contributed by atoms with Gasteiger partial charge in [-0.2, -0.15) is 0 Å². The van der Waals surface area contributed by atoms with Gasteiger partial charge in [0.05, 0.1) is 0 Å². The molecule has 1 aromatic carbocycles. The van der Waals surface area contributed by atoms with E-state index in [1.54, 1.807) is 0 Å². The fraction of sp³-hybridized carbons (Fsp3) is 0.625. The fourth-order valence-corrected chi connectivity index (χ4v) is 2.03. The maximum absolute atomic E-state index is 3.51. The zero-order valence-corrected chi connectivity index (χ0v) is 12.7. The van der Waals surface area contributed by atoms with Crippen LogP contribution in [0.15, 0.2) is 18.2 Å². The lowest BCUT2D eigenvalue weighted by Crippen LogP contribution is -2.30. The highest BCUT2D eigenvalue weighted by molar-refractivity contribution is 5.55. The van der Waals surface area contributed by atoms with Crippen LogP contribution in [0.1, 0.15) is 45.2 Å². The number of hydrogen-bond donors (Lipinski definition) is 1. The van der Waals surface area contributed by atoms with E-state index in [4.69, 9.17) is 0 Å². The van der Waals surface area contributed by atoms with Crippen molar-refractivity contribution in [3.63, 3.8) is 0 Å². The van der Waals surface area contributed by atoms with E-state index in [2.05, 4.69) is 70.1 Å². The highest BCUT2D eigenvalue weighted by atomic mass is 15.1. The molecule has 1 atom stereocenters. The summed E-state index contributed by atoms with van der Waals surface area (Å²) in [7, 11) is 2.19. The first kappa shape index (κ1) is 15.0. The molecule has 102 valence electrons. The number of nitrogens with zero attached hydrogens (tertiary/aromatic N) is 1. The van der Waals surface area contributed by atoms with Crippen LogP contribution < -0.4 is 10.2 Å². The number of hydrogen-bond acceptors (Lipinski definition) is 2. The summed E-state index contributed by atoms with van der Waals surface area (Å²) in [6, 6.07) is 7.84. The lowest BCUT2D eigenvalue weighted by molar-refractivity contribution is 0.585. The first-order valence-corrected chi connectivity index (χ1v) is 7.01. The maximum Gasteiger partial charge on any atom is 0.0411 e. The zero-order valence-electron chi connectivity index (χ0n) is 12.7. The van der Waals surface area contributed by atoms with Crippen molar-refractivity contribution in [2.75, 3.05) is 11.9 Å². The Bertz CT molecular complexity index is 371. The van der Waals surface area contributed by atoms with E-state index in [-0.39, 0.29) is 0 Å². The van der Waals surface area contributed by atoms with Crippen LogP contribution in [0.25, 0.3) is 0 Å². The van der Waals surface area contributed by atoms with Gasteiger partial charge in [-0.3, -0.25) is 0 Å². The molecule has 0 aromatic heterocycles. The third-order valence-electron chi connectivity index (χ3n) is 3.57. The van der Waals surface area contributed by atoms with Gasteiger partial charge in [-0.25, -0.2) is 0 Å². The van der Waals surface area contributed by atoms with Crippen LogP contribution in [0, 0.1) is 6.92 Å². The third kappa shape index (κ3) is 4.02. The zero-order chi connectivity index (χ0) is 13.7. The van der Waals surface area contributed by atoms with E-state index in [0.717, 1.165) is 6.54 Å². The minimum Gasteiger partial charge on any atom is -0.372 e. The van der Waals surface area contributed by atoms with Crippen LogP contribution in [0.2, 0.25) is 0 Å². The summed E-state index contributed by atoms with van der Waals surface area (Å²) < 4.78 is 0. The molecule has 0 amide bonds. The van der Waals surface area contributed by atoms with Gasteiger partial charge in [-0.1, -0.05) is 38.5 Å². The summed E-state index contributed by atoms with van der Waals surface area (Å²) in [6.07, 6.45) is 1.17.